The summed E-state index contributed by atoms with van der Waals surface area (Å²) in [4.78, 5) is 21.5. The number of hydrogen-bond acceptors (Lipinski definition) is 2. The third-order valence-corrected chi connectivity index (χ3v) is 1.58. The van der Waals surface area contributed by atoms with Gasteiger partial charge in [0.25, 0.3) is 0 Å². The number of carbonyl (C=O) groups is 2. The van der Waals surface area contributed by atoms with Crippen LogP contribution in [0.3, 0.4) is 0 Å². The summed E-state index contributed by atoms with van der Waals surface area (Å²) >= 11 is 0. The zero-order valence-corrected chi connectivity index (χ0v) is 7.70. The zero-order chi connectivity index (χ0) is 10.4. The van der Waals surface area contributed by atoms with E-state index in [0.29, 0.717) is 6.42 Å². The molecular formula is C9H13NO3. The number of carboxylic acid groups (broad SMARTS) is 1. The van der Waals surface area contributed by atoms with Crippen LogP contribution in [0, 0.1) is 18.3 Å². The predicted octanol–water partition coefficient (Wildman–Crippen LogP) is 0.235. The van der Waals surface area contributed by atoms with Gasteiger partial charge in [0.05, 0.1) is 0 Å². The number of carboxylic acids is 1. The molecule has 0 fully saturated rings. The summed E-state index contributed by atoms with van der Waals surface area (Å²) in [6.45, 7) is 3.06. The molecule has 0 aliphatic heterocycles. The maximum atomic E-state index is 11.1. The molecule has 2 unspecified atom stereocenters. The summed E-state index contributed by atoms with van der Waals surface area (Å²) in [7, 11) is 0. The molecule has 0 aliphatic carbocycles. The fourth-order valence-corrected chi connectivity index (χ4v) is 0.708. The molecule has 2 N–H and O–H groups in total. The van der Waals surface area contributed by atoms with Crippen molar-refractivity contribution in [2.45, 2.75) is 26.3 Å². The number of nitrogens with one attached hydrogen (secondary N) is 1. The Labute approximate surface area is 77.3 Å². The van der Waals surface area contributed by atoms with Crippen LogP contribution >= 0.6 is 0 Å². The molecule has 0 saturated carbocycles. The van der Waals surface area contributed by atoms with E-state index in [2.05, 4.69) is 11.2 Å². The quantitative estimate of drug-likeness (QED) is 0.484. The number of hydrogen-bond donors (Lipinski definition) is 2. The first-order valence-corrected chi connectivity index (χ1v) is 3.95. The number of carbonyl (C=O) groups excluding carboxylic acids is 1. The number of terminal acetylenes is 1. The molecule has 0 heterocycles. The molecule has 0 saturated heterocycles. The van der Waals surface area contributed by atoms with Gasteiger partial charge in [0.1, 0.15) is 5.92 Å². The molecule has 0 spiro atoms. The van der Waals surface area contributed by atoms with Gasteiger partial charge in [-0.1, -0.05) is 0 Å². The van der Waals surface area contributed by atoms with Gasteiger partial charge in [0.2, 0.25) is 5.91 Å². The van der Waals surface area contributed by atoms with E-state index in [-0.39, 0.29) is 6.04 Å². The molecule has 2 atom stereocenters. The van der Waals surface area contributed by atoms with Crippen LogP contribution < -0.4 is 5.32 Å². The van der Waals surface area contributed by atoms with Crippen molar-refractivity contribution < 1.29 is 14.7 Å². The highest BCUT2D eigenvalue weighted by Crippen LogP contribution is 1.97. The lowest BCUT2D eigenvalue weighted by Gasteiger charge is -2.12. The molecule has 0 aromatic carbocycles. The first-order valence-electron chi connectivity index (χ1n) is 3.95. The standard InChI is InChI=1S/C9H13NO3/c1-4-5-6(2)10-8(11)7(3)9(12)13/h1,6-7H,5H2,2-3H3,(H,10,11)(H,12,13). The Morgan fingerprint density at radius 1 is 1.54 bits per heavy atom. The van der Waals surface area contributed by atoms with E-state index in [1.54, 1.807) is 6.92 Å². The fourth-order valence-electron chi connectivity index (χ4n) is 0.708. The lowest BCUT2D eigenvalue weighted by molar-refractivity contribution is -0.146. The SMILES string of the molecule is C#CCC(C)NC(=O)C(C)C(=O)O. The summed E-state index contributed by atoms with van der Waals surface area (Å²) < 4.78 is 0. The van der Waals surface area contributed by atoms with Crippen LogP contribution in [-0.4, -0.2) is 23.0 Å². The largest absolute Gasteiger partial charge is 0.481 e. The second-order valence-corrected chi connectivity index (χ2v) is 2.88. The van der Waals surface area contributed by atoms with Crippen LogP contribution in [0.1, 0.15) is 20.3 Å². The minimum atomic E-state index is -1.13. The average molecular weight is 183 g/mol. The van der Waals surface area contributed by atoms with Crippen LogP contribution in [0.5, 0.6) is 0 Å². The molecular weight excluding hydrogens is 170 g/mol. The van der Waals surface area contributed by atoms with Crippen molar-refractivity contribution in [3.05, 3.63) is 0 Å². The van der Waals surface area contributed by atoms with E-state index in [0.717, 1.165) is 0 Å². The number of rotatable bonds is 4. The Bertz CT molecular complexity index is 242. The second-order valence-electron chi connectivity index (χ2n) is 2.88. The maximum absolute atomic E-state index is 11.1. The highest BCUT2D eigenvalue weighted by molar-refractivity contribution is 5.96. The van der Waals surface area contributed by atoms with Crippen LogP contribution in [0.15, 0.2) is 0 Å². The van der Waals surface area contributed by atoms with Gasteiger partial charge in [0.15, 0.2) is 0 Å². The van der Waals surface area contributed by atoms with Crippen molar-refractivity contribution >= 4 is 11.9 Å². The topological polar surface area (TPSA) is 66.4 Å². The minimum Gasteiger partial charge on any atom is -0.481 e. The van der Waals surface area contributed by atoms with E-state index >= 15 is 0 Å². The van der Waals surface area contributed by atoms with Gasteiger partial charge in [-0.15, -0.1) is 12.3 Å². The van der Waals surface area contributed by atoms with E-state index in [1.165, 1.54) is 6.92 Å². The van der Waals surface area contributed by atoms with Gasteiger partial charge < -0.3 is 10.4 Å². The first-order chi connectivity index (χ1) is 5.99. The van der Waals surface area contributed by atoms with Crippen molar-refractivity contribution in [3.8, 4) is 12.3 Å². The van der Waals surface area contributed by atoms with Crippen molar-refractivity contribution in [1.29, 1.82) is 0 Å². The highest BCUT2D eigenvalue weighted by atomic mass is 16.4. The molecule has 0 aromatic heterocycles. The van der Waals surface area contributed by atoms with Gasteiger partial charge in [-0.05, 0) is 13.8 Å². The lowest BCUT2D eigenvalue weighted by atomic mass is 10.1. The minimum absolute atomic E-state index is 0.181. The summed E-state index contributed by atoms with van der Waals surface area (Å²) in [5.41, 5.74) is 0. The molecule has 0 aromatic rings. The Morgan fingerprint density at radius 3 is 2.46 bits per heavy atom. The van der Waals surface area contributed by atoms with Crippen LogP contribution in [0.2, 0.25) is 0 Å². The molecule has 0 radical (unpaired) electrons. The van der Waals surface area contributed by atoms with Gasteiger partial charge in [-0.3, -0.25) is 9.59 Å². The molecule has 0 aliphatic rings. The smallest absolute Gasteiger partial charge is 0.315 e. The normalized spacial score (nSPS) is 13.9. The average Bonchev–Trinajstić information content (AvgIpc) is 2.03. The third-order valence-electron chi connectivity index (χ3n) is 1.58. The van der Waals surface area contributed by atoms with Crippen LogP contribution in [-0.2, 0) is 9.59 Å². The highest BCUT2D eigenvalue weighted by Gasteiger charge is 2.21. The molecule has 72 valence electrons. The number of aliphatic carboxylic acids is 1. The molecule has 0 rings (SSSR count). The maximum Gasteiger partial charge on any atom is 0.315 e. The van der Waals surface area contributed by atoms with Crippen LogP contribution in [0.25, 0.3) is 0 Å². The van der Waals surface area contributed by atoms with Gasteiger partial charge in [0, 0.05) is 12.5 Å². The Kier molecular flexibility index (Phi) is 4.60. The summed E-state index contributed by atoms with van der Waals surface area (Å²) in [6.07, 6.45) is 5.42. The van der Waals surface area contributed by atoms with Gasteiger partial charge in [-0.25, -0.2) is 0 Å². The molecule has 0 bridgehead atoms. The van der Waals surface area contributed by atoms with E-state index in [1.807, 2.05) is 0 Å². The zero-order valence-electron chi connectivity index (χ0n) is 7.70. The molecule has 13 heavy (non-hydrogen) atoms. The van der Waals surface area contributed by atoms with E-state index < -0.39 is 17.8 Å². The van der Waals surface area contributed by atoms with E-state index in [9.17, 15) is 9.59 Å². The Morgan fingerprint density at radius 2 is 2.08 bits per heavy atom. The summed E-state index contributed by atoms with van der Waals surface area (Å²) in [6, 6.07) is -0.181. The second kappa shape index (κ2) is 5.20. The van der Waals surface area contributed by atoms with E-state index in [4.69, 9.17) is 11.5 Å². The van der Waals surface area contributed by atoms with Crippen LogP contribution in [0.4, 0.5) is 0 Å². The van der Waals surface area contributed by atoms with Crippen molar-refractivity contribution in [1.82, 2.24) is 5.32 Å². The van der Waals surface area contributed by atoms with Gasteiger partial charge in [-0.2, -0.15) is 0 Å². The summed E-state index contributed by atoms with van der Waals surface area (Å²) in [5, 5.41) is 11.0. The van der Waals surface area contributed by atoms with Gasteiger partial charge >= 0.3 is 5.97 Å². The van der Waals surface area contributed by atoms with Crippen molar-refractivity contribution in [2.24, 2.45) is 5.92 Å². The molecule has 4 heteroatoms. The predicted molar refractivity (Wildman–Crippen MR) is 47.9 cm³/mol. The lowest BCUT2D eigenvalue weighted by Crippen LogP contribution is -2.38. The molecule has 4 nitrogen and oxygen atoms in total. The number of amides is 1. The molecule has 1 amide bonds. The first kappa shape index (κ1) is 11.5. The third kappa shape index (κ3) is 4.16. The Hall–Kier alpha value is -1.50. The monoisotopic (exact) mass is 183 g/mol. The fraction of sp³-hybridized carbons (Fsp3) is 0.556. The summed E-state index contributed by atoms with van der Waals surface area (Å²) in [5.74, 6) is -0.287. The Balaban J connectivity index is 4.01. The van der Waals surface area contributed by atoms with Crippen molar-refractivity contribution in [2.75, 3.05) is 0 Å². The van der Waals surface area contributed by atoms with Crippen molar-refractivity contribution in [3.63, 3.8) is 0 Å².